The van der Waals surface area contributed by atoms with Crippen LogP contribution in [-0.2, 0) is 0 Å². The predicted molar refractivity (Wildman–Crippen MR) is 112 cm³/mol. The Morgan fingerprint density at radius 3 is 2.70 bits per heavy atom. The highest BCUT2D eigenvalue weighted by Gasteiger charge is 2.25. The van der Waals surface area contributed by atoms with Crippen molar-refractivity contribution in [2.24, 2.45) is 0 Å². The number of urea groups is 1. The van der Waals surface area contributed by atoms with Crippen molar-refractivity contribution in [3.8, 4) is 22.5 Å². The summed E-state index contributed by atoms with van der Waals surface area (Å²) in [4.78, 5) is 22.7. The number of benzene rings is 2. The molecule has 0 spiro atoms. The van der Waals surface area contributed by atoms with Gasteiger partial charge in [0.1, 0.15) is 6.17 Å². The van der Waals surface area contributed by atoms with E-state index in [0.717, 1.165) is 16.7 Å². The van der Waals surface area contributed by atoms with Gasteiger partial charge < -0.3 is 10.2 Å². The van der Waals surface area contributed by atoms with E-state index in [1.54, 1.807) is 22.8 Å². The van der Waals surface area contributed by atoms with Crippen molar-refractivity contribution in [3.05, 3.63) is 67.0 Å². The minimum absolute atomic E-state index is 0.134. The summed E-state index contributed by atoms with van der Waals surface area (Å²) in [5, 5.41) is 7.37. The van der Waals surface area contributed by atoms with Gasteiger partial charge in [0.15, 0.2) is 5.82 Å². The van der Waals surface area contributed by atoms with Gasteiger partial charge in [-0.3, -0.25) is 0 Å². The lowest BCUT2D eigenvalue weighted by Crippen LogP contribution is -2.33. The van der Waals surface area contributed by atoms with Gasteiger partial charge in [-0.2, -0.15) is 4.98 Å². The highest BCUT2D eigenvalue weighted by molar-refractivity contribution is 5.90. The van der Waals surface area contributed by atoms with Crippen molar-refractivity contribution < 1.29 is 9.18 Å². The number of hydrogen-bond donors (Lipinski definition) is 1. The lowest BCUT2D eigenvalue weighted by atomic mass is 10.1. The molecule has 7 nitrogen and oxygen atoms in total. The molecule has 8 heteroatoms. The SMILES string of the molecule is O=C(Nc1cccc(-c2nc3ncc(-c4ccccc4)cn3n2)c1)N1CC[C@H](F)C1. The van der Waals surface area contributed by atoms with Crippen LogP contribution in [0.5, 0.6) is 0 Å². The smallest absolute Gasteiger partial charge is 0.321 e. The Kier molecular flexibility index (Phi) is 4.59. The fourth-order valence-corrected chi connectivity index (χ4v) is 3.52. The first-order valence-electron chi connectivity index (χ1n) is 9.74. The average Bonchev–Trinajstić information content (AvgIpc) is 3.40. The van der Waals surface area contributed by atoms with Crippen molar-refractivity contribution in [2.75, 3.05) is 18.4 Å². The molecule has 0 bridgehead atoms. The fourth-order valence-electron chi connectivity index (χ4n) is 3.52. The van der Waals surface area contributed by atoms with Crippen molar-refractivity contribution in [1.29, 1.82) is 0 Å². The molecule has 1 aliphatic rings. The Morgan fingerprint density at radius 1 is 1.07 bits per heavy atom. The molecular formula is C22H19FN6O. The van der Waals surface area contributed by atoms with Gasteiger partial charge in [0.2, 0.25) is 0 Å². The molecule has 4 aromatic rings. The average molecular weight is 402 g/mol. The van der Waals surface area contributed by atoms with E-state index >= 15 is 0 Å². The van der Waals surface area contributed by atoms with Crippen LogP contribution in [0.1, 0.15) is 6.42 Å². The van der Waals surface area contributed by atoms with Gasteiger partial charge in [-0.25, -0.2) is 18.7 Å². The number of nitrogens with zero attached hydrogens (tertiary/aromatic N) is 5. The number of rotatable bonds is 3. The maximum Gasteiger partial charge on any atom is 0.321 e. The third kappa shape index (κ3) is 3.59. The van der Waals surface area contributed by atoms with E-state index in [0.29, 0.717) is 30.3 Å². The molecular weight excluding hydrogens is 383 g/mol. The normalized spacial score (nSPS) is 16.2. The van der Waals surface area contributed by atoms with E-state index in [4.69, 9.17) is 0 Å². The molecule has 2 aromatic carbocycles. The number of amides is 2. The van der Waals surface area contributed by atoms with E-state index in [-0.39, 0.29) is 12.6 Å². The summed E-state index contributed by atoms with van der Waals surface area (Å²) in [6.07, 6.45) is 3.10. The molecule has 0 saturated carbocycles. The highest BCUT2D eigenvalue weighted by atomic mass is 19.1. The number of carbonyl (C=O) groups is 1. The van der Waals surface area contributed by atoms with Gasteiger partial charge in [0.25, 0.3) is 5.78 Å². The molecule has 1 aliphatic heterocycles. The van der Waals surface area contributed by atoms with Crippen LogP contribution in [0.2, 0.25) is 0 Å². The lowest BCUT2D eigenvalue weighted by molar-refractivity contribution is 0.218. The minimum Gasteiger partial charge on any atom is -0.322 e. The molecule has 1 saturated heterocycles. The topological polar surface area (TPSA) is 75.4 Å². The number of fused-ring (bicyclic) bond motifs is 1. The third-order valence-corrected chi connectivity index (χ3v) is 5.09. The van der Waals surface area contributed by atoms with E-state index in [1.165, 1.54) is 4.90 Å². The van der Waals surface area contributed by atoms with E-state index in [2.05, 4.69) is 20.4 Å². The van der Waals surface area contributed by atoms with Crippen LogP contribution in [0.4, 0.5) is 14.9 Å². The molecule has 150 valence electrons. The first-order chi connectivity index (χ1) is 14.7. The molecule has 3 heterocycles. The molecule has 0 unspecified atom stereocenters. The largest absolute Gasteiger partial charge is 0.322 e. The maximum atomic E-state index is 13.3. The van der Waals surface area contributed by atoms with Crippen LogP contribution in [0.15, 0.2) is 67.0 Å². The second kappa shape index (κ2) is 7.55. The third-order valence-electron chi connectivity index (χ3n) is 5.09. The standard InChI is InChI=1S/C22H19FN6O/c23-18-9-10-28(14-18)22(30)25-19-8-4-7-16(11-19)20-26-21-24-12-17(13-29(21)27-20)15-5-2-1-3-6-15/h1-8,11-13,18H,9-10,14H2,(H,25,30)/t18-/m0/s1. The van der Waals surface area contributed by atoms with Crippen LogP contribution in [0, 0.1) is 0 Å². The van der Waals surface area contributed by atoms with E-state index < -0.39 is 6.17 Å². The quantitative estimate of drug-likeness (QED) is 0.561. The summed E-state index contributed by atoms with van der Waals surface area (Å²) in [5.41, 5.74) is 3.35. The molecule has 0 radical (unpaired) electrons. The molecule has 1 atom stereocenters. The van der Waals surface area contributed by atoms with Gasteiger partial charge in [-0.1, -0.05) is 42.5 Å². The van der Waals surface area contributed by atoms with Crippen molar-refractivity contribution >= 4 is 17.5 Å². The number of alkyl halides is 1. The Hall–Kier alpha value is -3.81. The zero-order valence-corrected chi connectivity index (χ0v) is 16.1. The number of anilines is 1. The summed E-state index contributed by atoms with van der Waals surface area (Å²) < 4.78 is 15.0. The highest BCUT2D eigenvalue weighted by Crippen LogP contribution is 2.23. The van der Waals surface area contributed by atoms with Crippen LogP contribution >= 0.6 is 0 Å². The summed E-state index contributed by atoms with van der Waals surface area (Å²) in [6.45, 7) is 0.561. The first kappa shape index (κ1) is 18.2. The second-order valence-corrected chi connectivity index (χ2v) is 7.23. The van der Waals surface area contributed by atoms with Gasteiger partial charge in [-0.05, 0) is 24.1 Å². The zero-order chi connectivity index (χ0) is 20.5. The molecule has 1 fully saturated rings. The van der Waals surface area contributed by atoms with Crippen LogP contribution in [0.25, 0.3) is 28.3 Å². The number of aromatic nitrogens is 4. The van der Waals surface area contributed by atoms with Crippen molar-refractivity contribution in [2.45, 2.75) is 12.6 Å². The second-order valence-electron chi connectivity index (χ2n) is 7.23. The Bertz CT molecular complexity index is 1210. The molecule has 1 N–H and O–H groups in total. The monoisotopic (exact) mass is 402 g/mol. The zero-order valence-electron chi connectivity index (χ0n) is 16.1. The van der Waals surface area contributed by atoms with Crippen LogP contribution < -0.4 is 5.32 Å². The first-order valence-corrected chi connectivity index (χ1v) is 9.74. The molecule has 5 rings (SSSR count). The summed E-state index contributed by atoms with van der Waals surface area (Å²) >= 11 is 0. The summed E-state index contributed by atoms with van der Waals surface area (Å²) in [6, 6.07) is 16.9. The van der Waals surface area contributed by atoms with Crippen LogP contribution in [-0.4, -0.2) is 49.8 Å². The van der Waals surface area contributed by atoms with Gasteiger partial charge in [0, 0.05) is 35.8 Å². The number of carbonyl (C=O) groups excluding carboxylic acids is 1. The minimum atomic E-state index is -0.947. The molecule has 2 aromatic heterocycles. The van der Waals surface area contributed by atoms with Gasteiger partial charge >= 0.3 is 6.03 Å². The summed E-state index contributed by atoms with van der Waals surface area (Å²) in [7, 11) is 0. The number of hydrogen-bond acceptors (Lipinski definition) is 4. The van der Waals surface area contributed by atoms with Crippen LogP contribution in [0.3, 0.4) is 0 Å². The fraction of sp³-hybridized carbons (Fsp3) is 0.182. The Labute approximate surface area is 172 Å². The Balaban J connectivity index is 1.40. The summed E-state index contributed by atoms with van der Waals surface area (Å²) in [5.74, 6) is 0.999. The Morgan fingerprint density at radius 2 is 1.90 bits per heavy atom. The van der Waals surface area contributed by atoms with Gasteiger partial charge in [0.05, 0.1) is 6.54 Å². The van der Waals surface area contributed by atoms with Crippen molar-refractivity contribution in [3.63, 3.8) is 0 Å². The number of nitrogens with one attached hydrogen (secondary N) is 1. The van der Waals surface area contributed by atoms with E-state index in [9.17, 15) is 9.18 Å². The van der Waals surface area contributed by atoms with Gasteiger partial charge in [-0.15, -0.1) is 5.10 Å². The predicted octanol–water partition coefficient (Wildman–Crippen LogP) is 4.03. The van der Waals surface area contributed by atoms with E-state index in [1.807, 2.05) is 48.7 Å². The number of likely N-dealkylation sites (tertiary alicyclic amines) is 1. The number of halogens is 1. The van der Waals surface area contributed by atoms with Crippen molar-refractivity contribution in [1.82, 2.24) is 24.5 Å². The lowest BCUT2D eigenvalue weighted by Gasteiger charge is -2.16. The molecule has 30 heavy (non-hydrogen) atoms. The molecule has 2 amide bonds. The molecule has 0 aliphatic carbocycles. The maximum absolute atomic E-state index is 13.3.